The Bertz CT molecular complexity index is 728. The minimum atomic E-state index is -0.254. The Hall–Kier alpha value is -2.34. The van der Waals surface area contributed by atoms with Crippen LogP contribution in [0.3, 0.4) is 0 Å². The van der Waals surface area contributed by atoms with Crippen molar-refractivity contribution in [2.24, 2.45) is 5.92 Å². The predicted molar refractivity (Wildman–Crippen MR) is 97.4 cm³/mol. The summed E-state index contributed by atoms with van der Waals surface area (Å²) in [6, 6.07) is 11.3. The maximum atomic E-state index is 12.8. The summed E-state index contributed by atoms with van der Waals surface area (Å²) in [5.41, 5.74) is 0.952. The number of carbonyl (C=O) groups is 2. The van der Waals surface area contributed by atoms with Crippen LogP contribution in [-0.4, -0.2) is 30.9 Å². The average molecular weight is 358 g/mol. The van der Waals surface area contributed by atoms with Gasteiger partial charge in [0, 0.05) is 18.3 Å². The van der Waals surface area contributed by atoms with Gasteiger partial charge in [0.15, 0.2) is 0 Å². The van der Waals surface area contributed by atoms with Gasteiger partial charge in [-0.25, -0.2) is 0 Å². The molecule has 3 rings (SSSR count). The molecule has 1 fully saturated rings. The van der Waals surface area contributed by atoms with E-state index in [1.807, 2.05) is 41.8 Å². The van der Waals surface area contributed by atoms with Crippen molar-refractivity contribution in [3.63, 3.8) is 0 Å². The van der Waals surface area contributed by atoms with Crippen LogP contribution < -0.4 is 10.1 Å². The van der Waals surface area contributed by atoms with Crippen LogP contribution >= 0.6 is 11.3 Å². The van der Waals surface area contributed by atoms with Crippen molar-refractivity contribution in [1.82, 2.24) is 10.2 Å². The summed E-state index contributed by atoms with van der Waals surface area (Å²) in [7, 11) is 3.39. The molecule has 1 aromatic heterocycles. The molecule has 2 aromatic rings. The van der Waals surface area contributed by atoms with E-state index in [2.05, 4.69) is 5.32 Å². The molecule has 2 atom stereocenters. The summed E-state index contributed by atoms with van der Waals surface area (Å²) in [5.74, 6) is 0.569. The number of rotatable bonds is 5. The molecule has 0 saturated carbocycles. The van der Waals surface area contributed by atoms with E-state index in [1.54, 1.807) is 30.4 Å². The van der Waals surface area contributed by atoms with Gasteiger partial charge in [0.1, 0.15) is 5.75 Å². The van der Waals surface area contributed by atoms with Gasteiger partial charge in [0.25, 0.3) is 0 Å². The zero-order chi connectivity index (χ0) is 17.8. The Morgan fingerprint density at radius 2 is 2.08 bits per heavy atom. The zero-order valence-corrected chi connectivity index (χ0v) is 15.2. The predicted octanol–water partition coefficient (Wildman–Crippen LogP) is 2.98. The minimum Gasteiger partial charge on any atom is -0.497 e. The first-order valence-corrected chi connectivity index (χ1v) is 9.18. The third-order valence-electron chi connectivity index (χ3n) is 4.67. The first kappa shape index (κ1) is 17.5. The lowest BCUT2D eigenvalue weighted by atomic mass is 9.84. The van der Waals surface area contributed by atoms with E-state index in [1.165, 1.54) is 0 Å². The molecule has 0 aliphatic carbocycles. The Labute approximate surface area is 151 Å². The summed E-state index contributed by atoms with van der Waals surface area (Å²) in [6.07, 6.45) is 0.969. The number of carbonyl (C=O) groups excluding carboxylic acids is 2. The van der Waals surface area contributed by atoms with Gasteiger partial charge < -0.3 is 15.0 Å². The zero-order valence-electron chi connectivity index (χ0n) is 14.4. The van der Waals surface area contributed by atoms with Crippen molar-refractivity contribution in [2.45, 2.75) is 25.4 Å². The van der Waals surface area contributed by atoms with Crippen LogP contribution in [0, 0.1) is 5.92 Å². The second kappa shape index (κ2) is 7.70. The maximum absolute atomic E-state index is 12.8. The Morgan fingerprint density at radius 1 is 1.32 bits per heavy atom. The van der Waals surface area contributed by atoms with Gasteiger partial charge in [-0.1, -0.05) is 18.2 Å². The number of nitrogens with one attached hydrogen (secondary N) is 1. The molecule has 1 N–H and O–H groups in total. The van der Waals surface area contributed by atoms with Gasteiger partial charge in [-0.2, -0.15) is 0 Å². The van der Waals surface area contributed by atoms with Crippen LogP contribution in [-0.2, 0) is 16.1 Å². The fourth-order valence-electron chi connectivity index (χ4n) is 3.29. The molecule has 0 bridgehead atoms. The number of nitrogens with zero attached hydrogens (tertiary/aromatic N) is 1. The van der Waals surface area contributed by atoms with E-state index >= 15 is 0 Å². The van der Waals surface area contributed by atoms with Crippen LogP contribution in [0.2, 0.25) is 0 Å². The average Bonchev–Trinajstić information content (AvgIpc) is 3.15. The van der Waals surface area contributed by atoms with Crippen molar-refractivity contribution < 1.29 is 14.3 Å². The first-order chi connectivity index (χ1) is 12.1. The third kappa shape index (κ3) is 3.85. The first-order valence-electron chi connectivity index (χ1n) is 8.30. The number of likely N-dealkylation sites (tertiary alicyclic amines) is 1. The van der Waals surface area contributed by atoms with Crippen molar-refractivity contribution in [3.05, 3.63) is 52.2 Å². The van der Waals surface area contributed by atoms with Crippen LogP contribution in [0.25, 0.3) is 0 Å². The van der Waals surface area contributed by atoms with Crippen molar-refractivity contribution in [1.29, 1.82) is 0 Å². The Morgan fingerprint density at radius 3 is 2.72 bits per heavy atom. The summed E-state index contributed by atoms with van der Waals surface area (Å²) in [4.78, 5) is 27.8. The lowest BCUT2D eigenvalue weighted by Gasteiger charge is -2.38. The van der Waals surface area contributed by atoms with Gasteiger partial charge in [-0.3, -0.25) is 9.59 Å². The summed E-state index contributed by atoms with van der Waals surface area (Å²) in [6.45, 7) is 0.528. The highest BCUT2D eigenvalue weighted by molar-refractivity contribution is 7.09. The molecule has 1 aliphatic heterocycles. The molecule has 0 spiro atoms. The van der Waals surface area contributed by atoms with E-state index in [9.17, 15) is 9.59 Å². The number of thiophene rings is 1. The molecular formula is C19H22N2O3S. The number of hydrogen-bond donors (Lipinski definition) is 1. The lowest BCUT2D eigenvalue weighted by Crippen LogP contribution is -2.46. The molecule has 5 nitrogen and oxygen atoms in total. The quantitative estimate of drug-likeness (QED) is 0.894. The molecule has 2 unspecified atom stereocenters. The highest BCUT2D eigenvalue weighted by Gasteiger charge is 2.38. The summed E-state index contributed by atoms with van der Waals surface area (Å²) < 4.78 is 5.20. The molecular weight excluding hydrogens is 336 g/mol. The normalized spacial score (nSPS) is 20.4. The van der Waals surface area contributed by atoms with Crippen molar-refractivity contribution >= 4 is 23.2 Å². The lowest BCUT2D eigenvalue weighted by molar-refractivity contribution is -0.141. The summed E-state index contributed by atoms with van der Waals surface area (Å²) >= 11 is 1.62. The Kier molecular flexibility index (Phi) is 5.38. The highest BCUT2D eigenvalue weighted by Crippen LogP contribution is 2.36. The molecule has 1 aromatic carbocycles. The van der Waals surface area contributed by atoms with E-state index in [4.69, 9.17) is 4.74 Å². The number of benzene rings is 1. The topological polar surface area (TPSA) is 58.6 Å². The van der Waals surface area contributed by atoms with E-state index in [-0.39, 0.29) is 23.8 Å². The maximum Gasteiger partial charge on any atom is 0.225 e. The number of ether oxygens (including phenoxy) is 1. The molecule has 2 heterocycles. The fourth-order valence-corrected chi connectivity index (χ4v) is 3.93. The molecule has 2 amide bonds. The SMILES string of the molecule is COc1ccc(C2C(C(=O)NCc3cccs3)CCC(=O)N2C)cc1. The fraction of sp³-hybridized carbons (Fsp3) is 0.368. The molecule has 132 valence electrons. The van der Waals surface area contributed by atoms with Crippen molar-refractivity contribution in [2.75, 3.05) is 14.2 Å². The third-order valence-corrected chi connectivity index (χ3v) is 5.55. The molecule has 6 heteroatoms. The number of piperidine rings is 1. The minimum absolute atomic E-state index is 0.00596. The van der Waals surface area contributed by atoms with E-state index in [0.29, 0.717) is 19.4 Å². The van der Waals surface area contributed by atoms with Crippen LogP contribution in [0.15, 0.2) is 41.8 Å². The largest absolute Gasteiger partial charge is 0.497 e. The number of methoxy groups -OCH3 is 1. The Balaban J connectivity index is 1.79. The van der Waals surface area contributed by atoms with Gasteiger partial charge >= 0.3 is 0 Å². The van der Waals surface area contributed by atoms with Gasteiger partial charge in [0.05, 0.1) is 25.6 Å². The summed E-state index contributed by atoms with van der Waals surface area (Å²) in [5, 5.41) is 5.02. The van der Waals surface area contributed by atoms with E-state index < -0.39 is 0 Å². The van der Waals surface area contributed by atoms with Crippen LogP contribution in [0.5, 0.6) is 5.75 Å². The highest BCUT2D eigenvalue weighted by atomic mass is 32.1. The number of amides is 2. The van der Waals surface area contributed by atoms with Crippen molar-refractivity contribution in [3.8, 4) is 5.75 Å². The smallest absolute Gasteiger partial charge is 0.225 e. The van der Waals surface area contributed by atoms with E-state index in [0.717, 1.165) is 16.2 Å². The van der Waals surface area contributed by atoms with Gasteiger partial charge in [-0.05, 0) is 35.6 Å². The molecule has 1 aliphatic rings. The second-order valence-corrected chi connectivity index (χ2v) is 7.20. The van der Waals surface area contributed by atoms with Crippen LogP contribution in [0.4, 0.5) is 0 Å². The molecule has 1 saturated heterocycles. The monoisotopic (exact) mass is 358 g/mol. The van der Waals surface area contributed by atoms with Crippen LogP contribution in [0.1, 0.15) is 29.3 Å². The van der Waals surface area contributed by atoms with Gasteiger partial charge in [0.2, 0.25) is 11.8 Å². The molecule has 0 radical (unpaired) electrons. The molecule has 25 heavy (non-hydrogen) atoms. The standard InChI is InChI=1S/C19H22N2O3S/c1-21-17(22)10-9-16(19(23)20-12-15-4-3-11-25-15)18(21)13-5-7-14(24-2)8-6-13/h3-8,11,16,18H,9-10,12H2,1-2H3,(H,20,23). The number of hydrogen-bond acceptors (Lipinski definition) is 4. The van der Waals surface area contributed by atoms with Gasteiger partial charge in [-0.15, -0.1) is 11.3 Å². The second-order valence-electron chi connectivity index (χ2n) is 6.16.